The Hall–Kier alpha value is -3.29. The van der Waals surface area contributed by atoms with Crippen molar-refractivity contribution < 1.29 is 18.9 Å². The number of para-hydroxylation sites is 1. The number of carbonyl (C=O) groups excluding carboxylic acids is 2. The lowest BCUT2D eigenvalue weighted by atomic mass is 10.1. The molecule has 7 nitrogen and oxygen atoms in total. The van der Waals surface area contributed by atoms with E-state index < -0.39 is 16.6 Å². The Labute approximate surface area is 148 Å². The highest BCUT2D eigenvalue weighted by Gasteiger charge is 2.28. The van der Waals surface area contributed by atoms with Crippen molar-refractivity contribution in [3.05, 3.63) is 70.0 Å². The van der Waals surface area contributed by atoms with Crippen molar-refractivity contribution in [3.63, 3.8) is 0 Å². The number of benzene rings is 2. The summed E-state index contributed by atoms with van der Waals surface area (Å²) in [7, 11) is 0. The summed E-state index contributed by atoms with van der Waals surface area (Å²) in [5.41, 5.74) is -0.167. The van der Waals surface area contributed by atoms with E-state index >= 15 is 0 Å². The highest BCUT2D eigenvalue weighted by Crippen LogP contribution is 2.24. The molecule has 0 N–H and O–H groups in total. The predicted molar refractivity (Wildman–Crippen MR) is 92.1 cm³/mol. The van der Waals surface area contributed by atoms with Crippen LogP contribution in [0.25, 0.3) is 0 Å². The Balaban J connectivity index is 1.98. The highest BCUT2D eigenvalue weighted by molar-refractivity contribution is 6.06. The molecule has 26 heavy (non-hydrogen) atoms. The standard InChI is InChI=1S/C18H16FN3O4/c19-15-7-1-2-8-16(15)21(12-20-10-4-9-17(20)23)18(24)13-5-3-6-14(11-13)22(25)26/h1-3,5-8,11H,4,9-10,12H2. The predicted octanol–water partition coefficient (Wildman–Crippen LogP) is 2.96. The first-order chi connectivity index (χ1) is 12.5. The summed E-state index contributed by atoms with van der Waals surface area (Å²) in [5, 5.41) is 11.0. The monoisotopic (exact) mass is 357 g/mol. The molecular weight excluding hydrogens is 341 g/mol. The summed E-state index contributed by atoms with van der Waals surface area (Å²) < 4.78 is 14.3. The van der Waals surface area contributed by atoms with Gasteiger partial charge in [-0.05, 0) is 24.6 Å². The molecular formula is C18H16FN3O4. The van der Waals surface area contributed by atoms with E-state index in [0.29, 0.717) is 19.4 Å². The Bertz CT molecular complexity index is 871. The van der Waals surface area contributed by atoms with Crippen LogP contribution in [0.15, 0.2) is 48.5 Å². The van der Waals surface area contributed by atoms with Gasteiger partial charge >= 0.3 is 0 Å². The van der Waals surface area contributed by atoms with Crippen molar-refractivity contribution >= 4 is 23.2 Å². The molecule has 0 radical (unpaired) electrons. The molecule has 2 aromatic carbocycles. The number of nitrogens with zero attached hydrogens (tertiary/aromatic N) is 3. The average molecular weight is 357 g/mol. The second-order valence-electron chi connectivity index (χ2n) is 5.89. The topological polar surface area (TPSA) is 83.8 Å². The molecule has 0 spiro atoms. The fraction of sp³-hybridized carbons (Fsp3) is 0.222. The van der Waals surface area contributed by atoms with Gasteiger partial charge in [-0.1, -0.05) is 18.2 Å². The number of non-ortho nitro benzene ring substituents is 1. The van der Waals surface area contributed by atoms with Gasteiger partial charge in [-0.2, -0.15) is 0 Å². The molecule has 0 aromatic heterocycles. The Kier molecular flexibility index (Phi) is 4.92. The molecule has 0 atom stereocenters. The molecule has 2 aromatic rings. The van der Waals surface area contributed by atoms with Crippen molar-refractivity contribution in [1.82, 2.24) is 4.90 Å². The first kappa shape index (κ1) is 17.5. The molecule has 8 heteroatoms. The third-order valence-corrected chi connectivity index (χ3v) is 4.18. The number of hydrogen-bond donors (Lipinski definition) is 0. The molecule has 3 rings (SSSR count). The quantitative estimate of drug-likeness (QED) is 0.608. The van der Waals surface area contributed by atoms with Gasteiger partial charge in [-0.15, -0.1) is 0 Å². The molecule has 0 bridgehead atoms. The van der Waals surface area contributed by atoms with Gasteiger partial charge in [0, 0.05) is 30.7 Å². The van der Waals surface area contributed by atoms with E-state index in [1.54, 1.807) is 6.07 Å². The molecule has 0 aliphatic carbocycles. The van der Waals surface area contributed by atoms with Crippen LogP contribution in [-0.4, -0.2) is 34.9 Å². The van der Waals surface area contributed by atoms with Crippen LogP contribution in [0, 0.1) is 15.9 Å². The number of rotatable bonds is 5. The summed E-state index contributed by atoms with van der Waals surface area (Å²) in [6.45, 7) is 0.368. The maximum absolute atomic E-state index is 14.3. The molecule has 1 aliphatic heterocycles. The van der Waals surface area contributed by atoms with Crippen LogP contribution < -0.4 is 4.90 Å². The zero-order valence-electron chi connectivity index (χ0n) is 13.8. The second kappa shape index (κ2) is 7.30. The second-order valence-corrected chi connectivity index (χ2v) is 5.89. The molecule has 0 saturated carbocycles. The van der Waals surface area contributed by atoms with E-state index in [-0.39, 0.29) is 29.5 Å². The summed E-state index contributed by atoms with van der Waals surface area (Å²) in [6.07, 6.45) is 1.06. The first-order valence-corrected chi connectivity index (χ1v) is 8.06. The number of carbonyl (C=O) groups is 2. The Morgan fingerprint density at radius 1 is 1.23 bits per heavy atom. The lowest BCUT2D eigenvalue weighted by Gasteiger charge is -2.28. The van der Waals surface area contributed by atoms with Gasteiger partial charge in [0.05, 0.1) is 10.6 Å². The lowest BCUT2D eigenvalue weighted by Crippen LogP contribution is -2.42. The molecule has 134 valence electrons. The van der Waals surface area contributed by atoms with E-state index in [2.05, 4.69) is 0 Å². The van der Waals surface area contributed by atoms with Crippen LogP contribution in [0.2, 0.25) is 0 Å². The van der Waals surface area contributed by atoms with Crippen molar-refractivity contribution in [2.75, 3.05) is 18.1 Å². The minimum absolute atomic E-state index is 0.0173. The highest BCUT2D eigenvalue weighted by atomic mass is 19.1. The molecule has 1 saturated heterocycles. The van der Waals surface area contributed by atoms with Gasteiger partial charge in [0.1, 0.15) is 12.5 Å². The minimum Gasteiger partial charge on any atom is -0.324 e. The van der Waals surface area contributed by atoms with Crippen LogP contribution in [0.1, 0.15) is 23.2 Å². The van der Waals surface area contributed by atoms with Crippen LogP contribution >= 0.6 is 0 Å². The normalized spacial score (nSPS) is 13.7. The number of halogens is 1. The maximum Gasteiger partial charge on any atom is 0.270 e. The van der Waals surface area contributed by atoms with Crippen molar-refractivity contribution in [3.8, 4) is 0 Å². The number of likely N-dealkylation sites (tertiary alicyclic amines) is 1. The summed E-state index contributed by atoms with van der Waals surface area (Å²) in [5.74, 6) is -1.34. The number of nitro benzene ring substituents is 1. The van der Waals surface area contributed by atoms with Gasteiger partial charge < -0.3 is 4.90 Å². The van der Waals surface area contributed by atoms with E-state index in [1.165, 1.54) is 41.3 Å². The van der Waals surface area contributed by atoms with Gasteiger partial charge in [-0.3, -0.25) is 24.6 Å². The fourth-order valence-electron chi connectivity index (χ4n) is 2.85. The zero-order chi connectivity index (χ0) is 18.7. The number of amides is 2. The van der Waals surface area contributed by atoms with Gasteiger partial charge in [-0.25, -0.2) is 4.39 Å². The SMILES string of the molecule is O=C1CCCN1CN(C(=O)c1cccc([N+](=O)[O-])c1)c1ccccc1F. The molecule has 1 heterocycles. The summed E-state index contributed by atoms with van der Waals surface area (Å²) in [4.78, 5) is 37.9. The minimum atomic E-state index is -0.613. The van der Waals surface area contributed by atoms with Gasteiger partial charge in [0.2, 0.25) is 5.91 Å². The zero-order valence-corrected chi connectivity index (χ0v) is 13.8. The van der Waals surface area contributed by atoms with Crippen LogP contribution in [-0.2, 0) is 4.79 Å². The first-order valence-electron chi connectivity index (χ1n) is 8.06. The third-order valence-electron chi connectivity index (χ3n) is 4.18. The van der Waals surface area contributed by atoms with E-state index in [9.17, 15) is 24.1 Å². The molecule has 1 aliphatic rings. The fourth-order valence-corrected chi connectivity index (χ4v) is 2.85. The Morgan fingerprint density at radius 3 is 2.65 bits per heavy atom. The van der Waals surface area contributed by atoms with E-state index in [0.717, 1.165) is 11.0 Å². The van der Waals surface area contributed by atoms with Crippen LogP contribution in [0.4, 0.5) is 15.8 Å². The van der Waals surface area contributed by atoms with Crippen molar-refractivity contribution in [1.29, 1.82) is 0 Å². The third kappa shape index (κ3) is 3.53. The number of anilines is 1. The van der Waals surface area contributed by atoms with Gasteiger partial charge in [0.15, 0.2) is 0 Å². The van der Waals surface area contributed by atoms with E-state index in [1.807, 2.05) is 0 Å². The summed E-state index contributed by atoms with van der Waals surface area (Å²) >= 11 is 0. The smallest absolute Gasteiger partial charge is 0.270 e. The van der Waals surface area contributed by atoms with Crippen LogP contribution in [0.5, 0.6) is 0 Å². The molecule has 0 unspecified atom stereocenters. The number of hydrogen-bond acceptors (Lipinski definition) is 4. The lowest BCUT2D eigenvalue weighted by molar-refractivity contribution is -0.384. The maximum atomic E-state index is 14.3. The van der Waals surface area contributed by atoms with Gasteiger partial charge in [0.25, 0.3) is 11.6 Å². The van der Waals surface area contributed by atoms with E-state index in [4.69, 9.17) is 0 Å². The Morgan fingerprint density at radius 2 is 2.00 bits per heavy atom. The van der Waals surface area contributed by atoms with Crippen molar-refractivity contribution in [2.45, 2.75) is 12.8 Å². The largest absolute Gasteiger partial charge is 0.324 e. The summed E-state index contributed by atoms with van der Waals surface area (Å²) in [6, 6.07) is 11.0. The number of nitro groups is 1. The van der Waals surface area contributed by atoms with Crippen molar-refractivity contribution in [2.24, 2.45) is 0 Å². The van der Waals surface area contributed by atoms with Crippen LogP contribution in [0.3, 0.4) is 0 Å². The average Bonchev–Trinajstić information content (AvgIpc) is 3.04. The molecule has 2 amide bonds. The molecule has 1 fully saturated rings.